The van der Waals surface area contributed by atoms with Crippen molar-refractivity contribution >= 4 is 50.1 Å². The molecule has 4 aromatic rings. The molecule has 0 aliphatic carbocycles. The summed E-state index contributed by atoms with van der Waals surface area (Å²) in [6.45, 7) is 1.87. The number of fused-ring (bicyclic) bond motifs is 1. The highest BCUT2D eigenvalue weighted by atomic mass is 35.5. The van der Waals surface area contributed by atoms with E-state index in [-0.39, 0.29) is 10.4 Å². The van der Waals surface area contributed by atoms with Gasteiger partial charge in [-0.25, -0.2) is 13.0 Å². The van der Waals surface area contributed by atoms with Gasteiger partial charge in [-0.15, -0.1) is 0 Å². The van der Waals surface area contributed by atoms with Gasteiger partial charge in [0, 0.05) is 46.7 Å². The first-order valence-corrected chi connectivity index (χ1v) is 13.2. The largest absolute Gasteiger partial charge is 0.497 e. The first-order chi connectivity index (χ1) is 16.5. The van der Waals surface area contributed by atoms with Gasteiger partial charge in [-0.1, -0.05) is 23.4 Å². The van der Waals surface area contributed by atoms with Crippen molar-refractivity contribution in [3.05, 3.63) is 65.7 Å². The van der Waals surface area contributed by atoms with Gasteiger partial charge in [0.25, 0.3) is 0 Å². The Kier molecular flexibility index (Phi) is 6.39. The van der Waals surface area contributed by atoms with Crippen LogP contribution in [0.3, 0.4) is 0 Å². The second kappa shape index (κ2) is 9.46. The van der Waals surface area contributed by atoms with Crippen molar-refractivity contribution in [2.75, 3.05) is 38.2 Å². The molecule has 5 rings (SSSR count). The lowest BCUT2D eigenvalue weighted by Crippen LogP contribution is -2.48. The molecule has 0 bridgehead atoms. The summed E-state index contributed by atoms with van der Waals surface area (Å²) < 4.78 is 38.6. The summed E-state index contributed by atoms with van der Waals surface area (Å²) in [5.41, 5.74) is 1.67. The molecule has 176 valence electrons. The zero-order valence-corrected chi connectivity index (χ0v) is 20.6. The van der Waals surface area contributed by atoms with E-state index in [0.717, 1.165) is 21.2 Å². The molecule has 34 heavy (non-hydrogen) atoms. The monoisotopic (exact) mass is 516 g/mol. The molecule has 8 nitrogen and oxygen atoms in total. The van der Waals surface area contributed by atoms with Crippen molar-refractivity contribution in [2.45, 2.75) is 14.7 Å². The summed E-state index contributed by atoms with van der Waals surface area (Å²) in [6.07, 6.45) is 0. The highest BCUT2D eigenvalue weighted by molar-refractivity contribution is 7.99. The van der Waals surface area contributed by atoms with E-state index in [9.17, 15) is 8.42 Å². The van der Waals surface area contributed by atoms with Crippen LogP contribution in [0.2, 0.25) is 5.02 Å². The van der Waals surface area contributed by atoms with Crippen LogP contribution in [0.15, 0.2) is 80.0 Å². The average Bonchev–Trinajstić information content (AvgIpc) is 3.35. The van der Waals surface area contributed by atoms with E-state index in [2.05, 4.69) is 15.2 Å². The maximum absolute atomic E-state index is 13.5. The van der Waals surface area contributed by atoms with Gasteiger partial charge in [-0.3, -0.25) is 0 Å². The fourth-order valence-electron chi connectivity index (χ4n) is 3.86. The van der Waals surface area contributed by atoms with E-state index in [4.69, 9.17) is 21.0 Å². The van der Waals surface area contributed by atoms with Gasteiger partial charge >= 0.3 is 0 Å². The van der Waals surface area contributed by atoms with Crippen molar-refractivity contribution in [1.82, 2.24) is 14.6 Å². The standard InChI is InChI=1S/C23H21ClN4O4S2/c1-31-18-6-8-19(9-7-18)33-20-10-11-21(23-22(20)25-32-26-23)34(29,30)28-14-12-27(13-15-28)17-4-2-16(24)3-5-17/h2-11H,12-15H2,1H3. The van der Waals surface area contributed by atoms with Gasteiger partial charge in [0.2, 0.25) is 10.0 Å². The van der Waals surface area contributed by atoms with Crippen LogP contribution in [0.1, 0.15) is 0 Å². The van der Waals surface area contributed by atoms with Crippen LogP contribution < -0.4 is 9.64 Å². The zero-order chi connectivity index (χ0) is 23.7. The van der Waals surface area contributed by atoms with E-state index < -0.39 is 10.0 Å². The quantitative estimate of drug-likeness (QED) is 0.369. The van der Waals surface area contributed by atoms with Gasteiger partial charge in [0.05, 0.1) is 7.11 Å². The number of hydrogen-bond donors (Lipinski definition) is 0. The summed E-state index contributed by atoms with van der Waals surface area (Å²) >= 11 is 7.43. The van der Waals surface area contributed by atoms with Crippen molar-refractivity contribution in [3.8, 4) is 5.75 Å². The van der Waals surface area contributed by atoms with Gasteiger partial charge in [-0.05, 0) is 71.0 Å². The number of ether oxygens (including phenoxy) is 1. The molecule has 0 unspecified atom stereocenters. The Balaban J connectivity index is 1.37. The van der Waals surface area contributed by atoms with Crippen LogP contribution in [0.5, 0.6) is 5.75 Å². The van der Waals surface area contributed by atoms with Crippen molar-refractivity contribution in [2.24, 2.45) is 0 Å². The predicted molar refractivity (Wildman–Crippen MR) is 131 cm³/mol. The second-order valence-electron chi connectivity index (χ2n) is 7.67. The fourth-order valence-corrected chi connectivity index (χ4v) is 6.42. The highest BCUT2D eigenvalue weighted by Gasteiger charge is 2.32. The molecule has 0 radical (unpaired) electrons. The molecule has 11 heteroatoms. The van der Waals surface area contributed by atoms with Gasteiger partial charge in [-0.2, -0.15) is 4.31 Å². The minimum atomic E-state index is -3.77. The number of benzene rings is 3. The van der Waals surface area contributed by atoms with Crippen LogP contribution in [-0.4, -0.2) is 56.3 Å². The molecule has 0 saturated carbocycles. The number of aromatic nitrogens is 2. The summed E-state index contributed by atoms with van der Waals surface area (Å²) in [5.74, 6) is 0.759. The Morgan fingerprint density at radius 2 is 1.59 bits per heavy atom. The molecule has 1 fully saturated rings. The molecule has 0 atom stereocenters. The van der Waals surface area contributed by atoms with Gasteiger partial charge in [0.15, 0.2) is 11.0 Å². The molecular weight excluding hydrogens is 496 g/mol. The lowest BCUT2D eigenvalue weighted by molar-refractivity contribution is 0.314. The Morgan fingerprint density at radius 3 is 2.26 bits per heavy atom. The minimum absolute atomic E-state index is 0.0998. The van der Waals surface area contributed by atoms with Crippen LogP contribution in [0, 0.1) is 0 Å². The number of hydrogen-bond acceptors (Lipinski definition) is 8. The molecule has 2 heterocycles. The van der Waals surface area contributed by atoms with E-state index in [1.54, 1.807) is 19.2 Å². The highest BCUT2D eigenvalue weighted by Crippen LogP contribution is 2.36. The summed E-state index contributed by atoms with van der Waals surface area (Å²) in [6, 6.07) is 18.5. The average molecular weight is 517 g/mol. The van der Waals surface area contributed by atoms with E-state index >= 15 is 0 Å². The number of methoxy groups -OCH3 is 1. The number of rotatable bonds is 6. The van der Waals surface area contributed by atoms with Crippen molar-refractivity contribution in [1.29, 1.82) is 0 Å². The predicted octanol–water partition coefficient (Wildman–Crippen LogP) is 4.55. The third kappa shape index (κ3) is 4.46. The molecular formula is C23H21ClN4O4S2. The Hall–Kier alpha value is -2.79. The SMILES string of the molecule is COc1ccc(Sc2ccc(S(=O)(=O)N3CCN(c4ccc(Cl)cc4)CC3)c3nonc23)cc1. The Morgan fingerprint density at radius 1 is 0.912 bits per heavy atom. The summed E-state index contributed by atoms with van der Waals surface area (Å²) in [4.78, 5) is 3.96. The molecule has 3 aromatic carbocycles. The first kappa shape index (κ1) is 23.0. The number of anilines is 1. The lowest BCUT2D eigenvalue weighted by Gasteiger charge is -2.35. The molecule has 0 amide bonds. The molecule has 0 spiro atoms. The van der Waals surface area contributed by atoms with Gasteiger partial charge < -0.3 is 9.64 Å². The number of nitrogens with zero attached hydrogens (tertiary/aromatic N) is 4. The third-order valence-corrected chi connectivity index (χ3v) is 8.92. The fraction of sp³-hybridized carbons (Fsp3) is 0.217. The van der Waals surface area contributed by atoms with Crippen LogP contribution in [0.4, 0.5) is 5.69 Å². The number of sulfonamides is 1. The molecule has 1 aromatic heterocycles. The van der Waals surface area contributed by atoms with Crippen molar-refractivity contribution < 1.29 is 17.8 Å². The van der Waals surface area contributed by atoms with Crippen LogP contribution >= 0.6 is 23.4 Å². The van der Waals surface area contributed by atoms with E-state index in [1.165, 1.54) is 16.1 Å². The molecule has 1 aliphatic rings. The molecule has 1 aliphatic heterocycles. The van der Waals surface area contributed by atoms with Crippen LogP contribution in [-0.2, 0) is 10.0 Å². The summed E-state index contributed by atoms with van der Waals surface area (Å²) in [7, 11) is -2.16. The molecule has 1 saturated heterocycles. The Bertz CT molecular complexity index is 1400. The molecule has 0 N–H and O–H groups in total. The maximum Gasteiger partial charge on any atom is 0.245 e. The van der Waals surface area contributed by atoms with E-state index in [0.29, 0.717) is 36.7 Å². The third-order valence-electron chi connectivity index (χ3n) is 5.68. The maximum atomic E-state index is 13.5. The zero-order valence-electron chi connectivity index (χ0n) is 18.2. The number of piperazine rings is 1. The van der Waals surface area contributed by atoms with Crippen molar-refractivity contribution in [3.63, 3.8) is 0 Å². The van der Waals surface area contributed by atoms with Gasteiger partial charge in [0.1, 0.15) is 10.6 Å². The normalized spacial score (nSPS) is 15.1. The smallest absolute Gasteiger partial charge is 0.245 e. The lowest BCUT2D eigenvalue weighted by atomic mass is 10.2. The minimum Gasteiger partial charge on any atom is -0.497 e. The second-order valence-corrected chi connectivity index (χ2v) is 11.1. The van der Waals surface area contributed by atoms with Crippen LogP contribution in [0.25, 0.3) is 11.0 Å². The van der Waals surface area contributed by atoms with E-state index in [1.807, 2.05) is 48.5 Å². The first-order valence-electron chi connectivity index (χ1n) is 10.5. The number of halogens is 1. The Labute approximate surface area is 206 Å². The summed E-state index contributed by atoms with van der Waals surface area (Å²) in [5, 5.41) is 8.60. The topological polar surface area (TPSA) is 88.8 Å².